The van der Waals surface area contributed by atoms with E-state index in [2.05, 4.69) is 38.2 Å². The van der Waals surface area contributed by atoms with E-state index in [1.165, 1.54) is 64.2 Å². The SMILES string of the molecule is CCCCCCC/C=C\CCCCCCCC(=O)OC[C@H](COP(=O)(O)OC1C(O)C(O)C(O)[C@@H](O)C1O)OC(=O)CCCCCCC/C=C\CCCCCCC. The van der Waals surface area contributed by atoms with Crippen molar-refractivity contribution in [2.75, 3.05) is 13.2 Å². The van der Waals surface area contributed by atoms with Gasteiger partial charge in [-0.05, 0) is 64.2 Å². The molecule has 0 amide bonds. The highest BCUT2D eigenvalue weighted by molar-refractivity contribution is 7.47. The zero-order valence-electron chi connectivity index (χ0n) is 35.1. The summed E-state index contributed by atoms with van der Waals surface area (Å²) in [5.41, 5.74) is 0. The molecule has 1 aliphatic carbocycles. The summed E-state index contributed by atoms with van der Waals surface area (Å²) in [6, 6.07) is 0. The minimum Gasteiger partial charge on any atom is -0.462 e. The fourth-order valence-electron chi connectivity index (χ4n) is 6.63. The number of ether oxygens (including phenoxy) is 2. The average molecular weight is 835 g/mol. The third kappa shape index (κ3) is 26.9. The van der Waals surface area contributed by atoms with E-state index >= 15 is 0 Å². The Balaban J connectivity index is 2.50. The Morgan fingerprint density at radius 1 is 0.526 bits per heavy atom. The fraction of sp³-hybridized carbons (Fsp3) is 0.860. The van der Waals surface area contributed by atoms with Crippen LogP contribution in [-0.2, 0) is 32.7 Å². The Bertz CT molecular complexity index is 1100. The Kier molecular flexibility index (Phi) is 31.9. The maximum absolute atomic E-state index is 12.8. The van der Waals surface area contributed by atoms with Crippen LogP contribution >= 0.6 is 7.82 Å². The maximum atomic E-state index is 12.8. The first kappa shape index (κ1) is 53.3. The summed E-state index contributed by atoms with van der Waals surface area (Å²) in [6.45, 7) is 3.26. The van der Waals surface area contributed by atoms with Crippen molar-refractivity contribution in [1.29, 1.82) is 0 Å². The molecule has 0 aromatic rings. The molecule has 6 unspecified atom stereocenters. The topological polar surface area (TPSA) is 210 Å². The van der Waals surface area contributed by atoms with Crippen molar-refractivity contribution in [2.24, 2.45) is 0 Å². The van der Waals surface area contributed by atoms with Crippen LogP contribution in [-0.4, -0.2) is 98.3 Å². The van der Waals surface area contributed by atoms with Crippen LogP contribution in [0.1, 0.15) is 181 Å². The second-order valence-corrected chi connectivity index (χ2v) is 16.9. The fourth-order valence-corrected chi connectivity index (χ4v) is 7.60. The van der Waals surface area contributed by atoms with E-state index in [0.29, 0.717) is 12.8 Å². The van der Waals surface area contributed by atoms with Gasteiger partial charge in [-0.1, -0.05) is 128 Å². The van der Waals surface area contributed by atoms with Crippen LogP contribution in [0.2, 0.25) is 0 Å². The monoisotopic (exact) mass is 835 g/mol. The first-order chi connectivity index (χ1) is 27.4. The van der Waals surface area contributed by atoms with Crippen LogP contribution in [0.15, 0.2) is 24.3 Å². The van der Waals surface area contributed by atoms with E-state index in [9.17, 15) is 44.6 Å². The summed E-state index contributed by atoms with van der Waals surface area (Å²) in [4.78, 5) is 35.6. The lowest BCUT2D eigenvalue weighted by Gasteiger charge is -2.41. The lowest BCUT2D eigenvalue weighted by atomic mass is 9.85. The molecule has 0 aromatic heterocycles. The van der Waals surface area contributed by atoms with Crippen molar-refractivity contribution in [3.8, 4) is 0 Å². The van der Waals surface area contributed by atoms with Crippen LogP contribution in [0.4, 0.5) is 0 Å². The number of hydrogen-bond donors (Lipinski definition) is 6. The highest BCUT2D eigenvalue weighted by atomic mass is 31.2. The highest BCUT2D eigenvalue weighted by Gasteiger charge is 2.51. The number of carbonyl (C=O) groups excluding carboxylic acids is 2. The van der Waals surface area contributed by atoms with Gasteiger partial charge in [0.1, 0.15) is 43.2 Å². The van der Waals surface area contributed by atoms with Gasteiger partial charge in [0.15, 0.2) is 6.10 Å². The molecule has 0 aliphatic heterocycles. The number of phosphoric acid groups is 1. The van der Waals surface area contributed by atoms with Crippen LogP contribution in [0, 0.1) is 0 Å². The molecular formula is C43H79O13P. The van der Waals surface area contributed by atoms with Crippen molar-refractivity contribution >= 4 is 19.8 Å². The van der Waals surface area contributed by atoms with Crippen molar-refractivity contribution < 1.29 is 63.1 Å². The molecule has 57 heavy (non-hydrogen) atoms. The number of aliphatic hydroxyl groups is 5. The third-order valence-corrected chi connectivity index (χ3v) is 11.3. The first-order valence-electron chi connectivity index (χ1n) is 22.1. The van der Waals surface area contributed by atoms with Gasteiger partial charge >= 0.3 is 19.8 Å². The third-order valence-electron chi connectivity index (χ3n) is 10.3. The van der Waals surface area contributed by atoms with E-state index in [1.54, 1.807) is 0 Å². The minimum atomic E-state index is -5.12. The number of rotatable bonds is 36. The quantitative estimate of drug-likeness (QED) is 0.0153. The van der Waals surface area contributed by atoms with E-state index in [-0.39, 0.29) is 12.8 Å². The number of allylic oxidation sites excluding steroid dienone is 4. The lowest BCUT2D eigenvalue weighted by Crippen LogP contribution is -2.64. The van der Waals surface area contributed by atoms with Crippen molar-refractivity contribution in [1.82, 2.24) is 0 Å². The standard InChI is InChI=1S/C43H79O13P/c1-3-5-7-9-11-13-15-17-19-21-23-25-27-29-31-36(44)53-33-35(34-54-57(51,52)56-43-41(49)39(47)38(46)40(48)42(43)50)55-37(45)32-30-28-26-24-22-20-18-16-14-12-10-8-6-4-2/h15-18,35,38-43,46-50H,3-14,19-34H2,1-2H3,(H,51,52)/b17-15-,18-16-/t35-,38?,39-,40?,41?,42?,43?/m1/s1. The van der Waals surface area contributed by atoms with E-state index in [1.807, 2.05) is 0 Å². The van der Waals surface area contributed by atoms with Crippen LogP contribution in [0.5, 0.6) is 0 Å². The van der Waals surface area contributed by atoms with Gasteiger partial charge in [0.2, 0.25) is 0 Å². The number of phosphoric ester groups is 1. The molecule has 334 valence electrons. The number of aliphatic hydroxyl groups excluding tert-OH is 5. The number of carbonyl (C=O) groups is 2. The molecule has 0 bridgehead atoms. The molecule has 0 radical (unpaired) electrons. The molecule has 1 fully saturated rings. The molecule has 0 heterocycles. The van der Waals surface area contributed by atoms with Gasteiger partial charge in [-0.25, -0.2) is 4.57 Å². The Labute approximate surface area is 343 Å². The summed E-state index contributed by atoms with van der Waals surface area (Å²) in [7, 11) is -5.12. The summed E-state index contributed by atoms with van der Waals surface area (Å²) in [6.07, 6.45) is 22.4. The molecule has 13 nitrogen and oxygen atoms in total. The molecule has 1 saturated carbocycles. The summed E-state index contributed by atoms with van der Waals surface area (Å²) in [5.74, 6) is -1.12. The van der Waals surface area contributed by atoms with Crippen molar-refractivity contribution in [3.63, 3.8) is 0 Å². The second-order valence-electron chi connectivity index (χ2n) is 15.5. The minimum absolute atomic E-state index is 0.0864. The Morgan fingerprint density at radius 2 is 0.895 bits per heavy atom. The predicted octanol–water partition coefficient (Wildman–Crippen LogP) is 8.06. The molecule has 0 saturated heterocycles. The van der Waals surface area contributed by atoms with Gasteiger partial charge < -0.3 is 39.9 Å². The zero-order valence-corrected chi connectivity index (χ0v) is 36.0. The normalized spacial score (nSPS) is 22.9. The van der Waals surface area contributed by atoms with Gasteiger partial charge in [-0.15, -0.1) is 0 Å². The molecular weight excluding hydrogens is 755 g/mol. The number of esters is 2. The van der Waals surface area contributed by atoms with Gasteiger partial charge in [0, 0.05) is 12.8 Å². The molecule has 6 N–H and O–H groups in total. The van der Waals surface area contributed by atoms with E-state index in [4.69, 9.17) is 18.5 Å². The molecule has 14 heteroatoms. The van der Waals surface area contributed by atoms with Crippen LogP contribution in [0.3, 0.4) is 0 Å². The molecule has 1 rings (SSSR count). The zero-order chi connectivity index (χ0) is 42.2. The maximum Gasteiger partial charge on any atom is 0.472 e. The molecule has 1 aliphatic rings. The summed E-state index contributed by atoms with van der Waals surface area (Å²) < 4.78 is 33.4. The van der Waals surface area contributed by atoms with E-state index < -0.39 is 75.7 Å². The molecule has 0 aromatic carbocycles. The van der Waals surface area contributed by atoms with Crippen molar-refractivity contribution in [2.45, 2.75) is 224 Å². The lowest BCUT2D eigenvalue weighted by molar-refractivity contribution is -0.220. The Hall–Kier alpha value is -1.67. The highest BCUT2D eigenvalue weighted by Crippen LogP contribution is 2.47. The second kappa shape index (κ2) is 34.1. The largest absolute Gasteiger partial charge is 0.472 e. The van der Waals surface area contributed by atoms with Crippen LogP contribution < -0.4 is 0 Å². The van der Waals surface area contributed by atoms with Gasteiger partial charge in [0.25, 0.3) is 0 Å². The van der Waals surface area contributed by atoms with Gasteiger partial charge in [-0.2, -0.15) is 0 Å². The molecule has 0 spiro atoms. The Morgan fingerprint density at radius 3 is 1.33 bits per heavy atom. The number of unbranched alkanes of at least 4 members (excludes halogenated alkanes) is 20. The summed E-state index contributed by atoms with van der Waals surface area (Å²) >= 11 is 0. The number of hydrogen-bond acceptors (Lipinski definition) is 12. The summed E-state index contributed by atoms with van der Waals surface area (Å²) in [5, 5.41) is 50.1. The molecule has 8 atom stereocenters. The smallest absolute Gasteiger partial charge is 0.462 e. The first-order valence-corrected chi connectivity index (χ1v) is 23.6. The van der Waals surface area contributed by atoms with Gasteiger partial charge in [0.05, 0.1) is 6.61 Å². The van der Waals surface area contributed by atoms with Gasteiger partial charge in [-0.3, -0.25) is 18.6 Å². The average Bonchev–Trinajstić information content (AvgIpc) is 3.19. The van der Waals surface area contributed by atoms with E-state index in [0.717, 1.165) is 77.0 Å². The van der Waals surface area contributed by atoms with Crippen molar-refractivity contribution in [3.05, 3.63) is 24.3 Å². The van der Waals surface area contributed by atoms with Crippen LogP contribution in [0.25, 0.3) is 0 Å². The predicted molar refractivity (Wildman–Crippen MR) is 221 cm³/mol.